The summed E-state index contributed by atoms with van der Waals surface area (Å²) in [6.07, 6.45) is 1.05. The largest absolute Gasteiger partial charge is 0.473 e. The second-order valence-electron chi connectivity index (χ2n) is 6.69. The van der Waals surface area contributed by atoms with Crippen LogP contribution in [0.25, 0.3) is 6.08 Å². The number of benzene rings is 3. The number of hydrogen-bond acceptors (Lipinski definition) is 4. The number of hydrogen-bond donors (Lipinski definition) is 1. The molecule has 0 fully saturated rings. The summed E-state index contributed by atoms with van der Waals surface area (Å²) in [4.78, 5) is 23.1. The summed E-state index contributed by atoms with van der Waals surface area (Å²) >= 11 is 0. The van der Waals surface area contributed by atoms with Crippen molar-refractivity contribution in [1.29, 1.82) is 0 Å². The van der Waals surface area contributed by atoms with Crippen molar-refractivity contribution in [3.8, 4) is 0 Å². The normalized spacial score (nSPS) is 11.2. The first-order valence-corrected chi connectivity index (χ1v) is 8.98. The zero-order valence-corrected chi connectivity index (χ0v) is 16.1. The molecule has 0 bridgehead atoms. The Bertz CT molecular complexity index is 992. The third-order valence-electron chi connectivity index (χ3n) is 4.45. The van der Waals surface area contributed by atoms with Crippen LogP contribution in [0.1, 0.15) is 16.7 Å². The molecule has 3 rings (SSSR count). The van der Waals surface area contributed by atoms with Crippen LogP contribution in [0.3, 0.4) is 0 Å². The van der Waals surface area contributed by atoms with E-state index >= 15 is 0 Å². The minimum Gasteiger partial charge on any atom is -0.473 e. The third-order valence-corrected chi connectivity index (χ3v) is 4.45. The van der Waals surface area contributed by atoms with Gasteiger partial charge in [-0.1, -0.05) is 47.5 Å². The minimum absolute atomic E-state index is 0.440. The first-order valence-electron chi connectivity index (χ1n) is 8.98. The Labute approximate surface area is 168 Å². The zero-order chi connectivity index (χ0) is 21.0. The maximum absolute atomic E-state index is 11.0. The van der Waals surface area contributed by atoms with Crippen molar-refractivity contribution in [1.82, 2.24) is 0 Å². The average Bonchev–Trinajstić information content (AvgIpc) is 2.70. The van der Waals surface area contributed by atoms with Crippen molar-refractivity contribution in [2.45, 2.75) is 13.8 Å². The Morgan fingerprint density at radius 2 is 1.21 bits per heavy atom. The van der Waals surface area contributed by atoms with Crippen LogP contribution in [0.15, 0.2) is 78.5 Å². The van der Waals surface area contributed by atoms with Crippen LogP contribution in [0.5, 0.6) is 0 Å². The fourth-order valence-electron chi connectivity index (χ4n) is 2.90. The van der Waals surface area contributed by atoms with Crippen molar-refractivity contribution >= 4 is 29.1 Å². The van der Waals surface area contributed by atoms with Gasteiger partial charge in [0.25, 0.3) is 0 Å². The molecule has 0 radical (unpaired) electrons. The van der Waals surface area contributed by atoms with E-state index in [0.717, 1.165) is 34.3 Å². The molecule has 6 nitrogen and oxygen atoms in total. The van der Waals surface area contributed by atoms with Crippen molar-refractivity contribution in [3.05, 3.63) is 105 Å². The van der Waals surface area contributed by atoms with Gasteiger partial charge in [-0.05, 0) is 55.8 Å². The Kier molecular flexibility index (Phi) is 5.74. The van der Waals surface area contributed by atoms with E-state index in [0.29, 0.717) is 5.56 Å². The van der Waals surface area contributed by atoms with Crippen LogP contribution in [0, 0.1) is 24.0 Å². The number of rotatable bonds is 6. The highest BCUT2D eigenvalue weighted by Gasteiger charge is 2.20. The molecule has 3 aromatic rings. The molecule has 0 unspecified atom stereocenters. The molecule has 3 aromatic carbocycles. The molecule has 146 valence electrons. The topological polar surface area (TPSA) is 83.7 Å². The van der Waals surface area contributed by atoms with E-state index in [4.69, 9.17) is 5.11 Å². The van der Waals surface area contributed by atoms with Crippen LogP contribution < -0.4 is 4.90 Å². The Hall–Kier alpha value is -3.93. The van der Waals surface area contributed by atoms with E-state index in [1.54, 1.807) is 12.1 Å². The van der Waals surface area contributed by atoms with Gasteiger partial charge in [0.05, 0.1) is 4.92 Å². The predicted octanol–water partition coefficient (Wildman–Crippen LogP) is 5.48. The number of aliphatic carboxylic acids is 1. The van der Waals surface area contributed by atoms with Gasteiger partial charge in [-0.15, -0.1) is 0 Å². The number of carboxylic acid groups (broad SMARTS) is 1. The molecule has 0 aromatic heterocycles. The van der Waals surface area contributed by atoms with Gasteiger partial charge in [0, 0.05) is 23.1 Å². The van der Waals surface area contributed by atoms with E-state index in [9.17, 15) is 14.9 Å². The number of nitrogens with zero attached hydrogens (tertiary/aromatic N) is 2. The molecule has 0 saturated heterocycles. The molecular formula is C23H20N2O4. The van der Waals surface area contributed by atoms with Gasteiger partial charge in [-0.3, -0.25) is 10.1 Å². The van der Waals surface area contributed by atoms with Crippen molar-refractivity contribution in [2.75, 3.05) is 4.90 Å². The molecule has 0 atom stereocenters. The highest BCUT2D eigenvalue weighted by atomic mass is 16.6. The van der Waals surface area contributed by atoms with E-state index in [-0.39, 0.29) is 0 Å². The maximum atomic E-state index is 11.0. The predicted molar refractivity (Wildman–Crippen MR) is 113 cm³/mol. The lowest BCUT2D eigenvalue weighted by molar-refractivity contribution is -0.419. The maximum Gasteiger partial charge on any atom is 0.407 e. The van der Waals surface area contributed by atoms with Crippen molar-refractivity contribution in [2.24, 2.45) is 0 Å². The van der Waals surface area contributed by atoms with E-state index < -0.39 is 16.6 Å². The molecule has 0 aliphatic rings. The smallest absolute Gasteiger partial charge is 0.407 e. The van der Waals surface area contributed by atoms with Crippen LogP contribution in [0.2, 0.25) is 0 Å². The second kappa shape index (κ2) is 8.39. The summed E-state index contributed by atoms with van der Waals surface area (Å²) in [5.41, 5.74) is 4.67. The first kappa shape index (κ1) is 19.8. The van der Waals surface area contributed by atoms with Crippen molar-refractivity contribution in [3.63, 3.8) is 0 Å². The second-order valence-corrected chi connectivity index (χ2v) is 6.69. The lowest BCUT2D eigenvalue weighted by Gasteiger charge is -2.25. The fourth-order valence-corrected chi connectivity index (χ4v) is 2.90. The minimum atomic E-state index is -1.57. The molecule has 0 heterocycles. The fraction of sp³-hybridized carbons (Fsp3) is 0.0870. The van der Waals surface area contributed by atoms with Crippen LogP contribution >= 0.6 is 0 Å². The van der Waals surface area contributed by atoms with Gasteiger partial charge in [-0.2, -0.15) is 0 Å². The number of aryl methyl sites for hydroxylation is 2. The summed E-state index contributed by atoms with van der Waals surface area (Å²) in [7, 11) is 0. The van der Waals surface area contributed by atoms with Gasteiger partial charge < -0.3 is 10.0 Å². The Morgan fingerprint density at radius 3 is 1.55 bits per heavy atom. The molecular weight excluding hydrogens is 368 g/mol. The standard InChI is InChI=1S/C23H20N2O4/c1-16-3-9-19(10-4-16)24(20-11-5-17(2)6-12-20)21-13-7-18(8-14-21)15-22(23(26)27)25(28)29/h3-15H,1-2H3,(H,26,27). The van der Waals surface area contributed by atoms with Gasteiger partial charge in [0.15, 0.2) is 0 Å². The summed E-state index contributed by atoms with van der Waals surface area (Å²) in [5.74, 6) is -1.57. The molecule has 29 heavy (non-hydrogen) atoms. The summed E-state index contributed by atoms with van der Waals surface area (Å²) in [5, 5.41) is 19.9. The van der Waals surface area contributed by atoms with Gasteiger partial charge in [0.2, 0.25) is 0 Å². The third kappa shape index (κ3) is 4.68. The highest BCUT2D eigenvalue weighted by Crippen LogP contribution is 2.34. The van der Waals surface area contributed by atoms with Crippen LogP contribution in [-0.2, 0) is 4.79 Å². The number of anilines is 3. The molecule has 0 aliphatic carbocycles. The zero-order valence-electron chi connectivity index (χ0n) is 16.1. The summed E-state index contributed by atoms with van der Waals surface area (Å²) < 4.78 is 0. The van der Waals surface area contributed by atoms with Gasteiger partial charge in [-0.25, -0.2) is 4.79 Å². The Morgan fingerprint density at radius 1 is 0.828 bits per heavy atom. The molecule has 0 amide bonds. The van der Waals surface area contributed by atoms with E-state index in [2.05, 4.69) is 4.90 Å². The number of carbonyl (C=O) groups is 1. The Balaban J connectivity index is 2.03. The van der Waals surface area contributed by atoms with Crippen LogP contribution in [-0.4, -0.2) is 16.0 Å². The number of carboxylic acids is 1. The lowest BCUT2D eigenvalue weighted by atomic mass is 10.1. The SMILES string of the molecule is Cc1ccc(N(c2ccc(C)cc2)c2ccc(C=C(C(=O)O)[N+](=O)[O-])cc2)cc1. The first-order chi connectivity index (χ1) is 13.8. The van der Waals surface area contributed by atoms with Gasteiger partial charge in [0.1, 0.15) is 0 Å². The molecule has 1 N–H and O–H groups in total. The quantitative estimate of drug-likeness (QED) is 0.344. The molecule has 0 aliphatic heterocycles. The van der Waals surface area contributed by atoms with Crippen molar-refractivity contribution < 1.29 is 14.8 Å². The van der Waals surface area contributed by atoms with E-state index in [1.807, 2.05) is 74.5 Å². The van der Waals surface area contributed by atoms with Crippen LogP contribution in [0.4, 0.5) is 17.1 Å². The van der Waals surface area contributed by atoms with E-state index in [1.165, 1.54) is 0 Å². The number of nitro groups is 1. The lowest BCUT2D eigenvalue weighted by Crippen LogP contribution is -2.10. The van der Waals surface area contributed by atoms with Gasteiger partial charge >= 0.3 is 11.7 Å². The molecule has 6 heteroatoms. The summed E-state index contributed by atoms with van der Waals surface area (Å²) in [6.45, 7) is 4.05. The highest BCUT2D eigenvalue weighted by molar-refractivity contribution is 5.89. The monoisotopic (exact) mass is 388 g/mol. The molecule has 0 saturated carbocycles. The molecule has 0 spiro atoms. The average molecular weight is 388 g/mol. The summed E-state index contributed by atoms with van der Waals surface area (Å²) in [6, 6.07) is 23.2.